The zero-order valence-corrected chi connectivity index (χ0v) is 9.45. The van der Waals surface area contributed by atoms with Gasteiger partial charge in [0.2, 0.25) is 6.79 Å². The van der Waals surface area contributed by atoms with Crippen LogP contribution >= 0.6 is 0 Å². The Bertz CT molecular complexity index is 336. The molecule has 1 aromatic rings. The molecule has 0 radical (unpaired) electrons. The first kappa shape index (κ1) is 10.4. The predicted octanol–water partition coefficient (Wildman–Crippen LogP) is 3.10. The summed E-state index contributed by atoms with van der Waals surface area (Å²) < 4.78 is 10.6. The van der Waals surface area contributed by atoms with E-state index in [4.69, 9.17) is 9.47 Å². The molecule has 1 aromatic carbocycles. The van der Waals surface area contributed by atoms with Gasteiger partial charge in [-0.25, -0.2) is 0 Å². The fourth-order valence-corrected chi connectivity index (χ4v) is 1.81. The van der Waals surface area contributed by atoms with Crippen molar-refractivity contribution in [2.75, 3.05) is 6.79 Å². The molecule has 0 aromatic heterocycles. The molecule has 1 heterocycles. The van der Waals surface area contributed by atoms with Crippen LogP contribution in [-0.4, -0.2) is 13.5 Å². The second kappa shape index (κ2) is 4.60. The molecule has 0 bridgehead atoms. The van der Waals surface area contributed by atoms with Crippen molar-refractivity contribution in [3.63, 3.8) is 0 Å². The van der Waals surface area contributed by atoms with E-state index < -0.39 is 0 Å². The highest BCUT2D eigenvalue weighted by molar-refractivity contribution is 6.55. The van der Waals surface area contributed by atoms with Crippen LogP contribution in [0.2, 0.25) is 20.0 Å². The third-order valence-corrected chi connectivity index (χ3v) is 2.68. The van der Waals surface area contributed by atoms with Gasteiger partial charge in [0.05, 0.1) is 0 Å². The Labute approximate surface area is 91.7 Å². The van der Waals surface area contributed by atoms with Gasteiger partial charge in [-0.3, -0.25) is 0 Å². The summed E-state index contributed by atoms with van der Waals surface area (Å²) in [5, 5.41) is 0. The Kier molecular flexibility index (Phi) is 3.19. The van der Waals surface area contributed by atoms with Crippen molar-refractivity contribution in [3.8, 4) is 11.5 Å². The lowest BCUT2D eigenvalue weighted by atomic mass is 9.51. The maximum atomic E-state index is 5.34. The first-order valence-corrected chi connectivity index (χ1v) is 5.64. The lowest BCUT2D eigenvalue weighted by Crippen LogP contribution is -1.99. The Morgan fingerprint density at radius 2 is 2.00 bits per heavy atom. The summed E-state index contributed by atoms with van der Waals surface area (Å²) in [5.41, 5.74) is 1.35. The van der Waals surface area contributed by atoms with Crippen LogP contribution in [0.15, 0.2) is 18.2 Å². The zero-order chi connectivity index (χ0) is 10.7. The number of fused-ring (bicyclic) bond motifs is 1. The van der Waals surface area contributed by atoms with Crippen LogP contribution in [0, 0.1) is 0 Å². The third-order valence-electron chi connectivity index (χ3n) is 2.68. The summed E-state index contributed by atoms with van der Waals surface area (Å²) in [7, 11) is 0. The highest BCUT2D eigenvalue weighted by Crippen LogP contribution is 2.32. The summed E-state index contributed by atoms with van der Waals surface area (Å²) in [6.45, 7) is 5.68. The zero-order valence-electron chi connectivity index (χ0n) is 9.45. The fraction of sp³-hybridized carbons (Fsp3) is 0.500. The molecule has 2 rings (SSSR count). The summed E-state index contributed by atoms with van der Waals surface area (Å²) in [5.74, 6) is 1.78. The molecule has 0 aliphatic carbocycles. The van der Waals surface area contributed by atoms with Gasteiger partial charge in [-0.2, -0.15) is 0 Å². The van der Waals surface area contributed by atoms with E-state index in [2.05, 4.69) is 25.8 Å². The number of benzene rings is 1. The van der Waals surface area contributed by atoms with Crippen molar-refractivity contribution in [2.24, 2.45) is 0 Å². The highest BCUT2D eigenvalue weighted by atomic mass is 16.7. The van der Waals surface area contributed by atoms with Gasteiger partial charge in [-0.1, -0.05) is 32.5 Å². The van der Waals surface area contributed by atoms with Crippen LogP contribution in [0.4, 0.5) is 0 Å². The number of hydrogen-bond donors (Lipinski definition) is 0. The quantitative estimate of drug-likeness (QED) is 0.701. The average molecular weight is 204 g/mol. The molecule has 15 heavy (non-hydrogen) atoms. The van der Waals surface area contributed by atoms with Crippen LogP contribution < -0.4 is 9.47 Å². The molecule has 0 unspecified atom stereocenters. The molecule has 0 amide bonds. The van der Waals surface area contributed by atoms with Crippen molar-refractivity contribution < 1.29 is 9.47 Å². The minimum Gasteiger partial charge on any atom is -0.454 e. The monoisotopic (exact) mass is 204 g/mol. The van der Waals surface area contributed by atoms with Gasteiger partial charge < -0.3 is 9.47 Å². The van der Waals surface area contributed by atoms with Crippen LogP contribution in [0.5, 0.6) is 11.5 Å². The summed E-state index contributed by atoms with van der Waals surface area (Å²) in [4.78, 5) is 0. The van der Waals surface area contributed by atoms with Crippen LogP contribution in [-0.2, 0) is 6.42 Å². The lowest BCUT2D eigenvalue weighted by molar-refractivity contribution is 0.174. The molecular weight excluding hydrogens is 187 g/mol. The fourth-order valence-electron chi connectivity index (χ4n) is 1.81. The van der Waals surface area contributed by atoms with Gasteiger partial charge in [-0.15, -0.1) is 0 Å². The van der Waals surface area contributed by atoms with E-state index in [1.165, 1.54) is 18.3 Å². The molecule has 0 saturated heterocycles. The van der Waals surface area contributed by atoms with Crippen molar-refractivity contribution in [2.45, 2.75) is 32.8 Å². The number of aryl methyl sites for hydroxylation is 1. The van der Waals surface area contributed by atoms with E-state index in [9.17, 15) is 0 Å². The van der Waals surface area contributed by atoms with E-state index >= 15 is 0 Å². The predicted molar refractivity (Wildman–Crippen MR) is 63.2 cm³/mol. The van der Waals surface area contributed by atoms with E-state index in [0.717, 1.165) is 24.6 Å². The van der Waals surface area contributed by atoms with Gasteiger partial charge in [0.15, 0.2) is 11.5 Å². The third kappa shape index (κ3) is 2.68. The Morgan fingerprint density at radius 3 is 2.80 bits per heavy atom. The standard InChI is InChI=1S/C12H17BO2/c1-13(2)7-3-4-10-5-6-11-12(8-10)15-9-14-11/h5-6,8H,3-4,7,9H2,1-2H3. The van der Waals surface area contributed by atoms with Crippen LogP contribution in [0.1, 0.15) is 12.0 Å². The molecule has 2 nitrogen and oxygen atoms in total. The lowest BCUT2D eigenvalue weighted by Gasteiger charge is -2.03. The molecule has 0 saturated carbocycles. The molecule has 0 N–H and O–H groups in total. The first-order chi connectivity index (χ1) is 7.25. The highest BCUT2D eigenvalue weighted by Gasteiger charge is 2.12. The van der Waals surface area contributed by atoms with Crippen LogP contribution in [0.25, 0.3) is 0 Å². The van der Waals surface area contributed by atoms with Crippen molar-refractivity contribution in [1.82, 2.24) is 0 Å². The summed E-state index contributed by atoms with van der Waals surface area (Å²) >= 11 is 0. The maximum Gasteiger partial charge on any atom is 0.231 e. The van der Waals surface area contributed by atoms with Gasteiger partial charge in [0.1, 0.15) is 6.71 Å². The second-order valence-corrected chi connectivity index (χ2v) is 4.47. The normalized spacial score (nSPS) is 12.9. The molecular formula is C12H17BO2. The van der Waals surface area contributed by atoms with Gasteiger partial charge in [-0.05, 0) is 24.1 Å². The van der Waals surface area contributed by atoms with E-state index in [1.54, 1.807) is 0 Å². The Morgan fingerprint density at radius 1 is 1.20 bits per heavy atom. The number of rotatable bonds is 4. The first-order valence-electron chi connectivity index (χ1n) is 5.64. The van der Waals surface area contributed by atoms with Crippen molar-refractivity contribution in [1.29, 1.82) is 0 Å². The Hall–Kier alpha value is -1.12. The van der Waals surface area contributed by atoms with E-state index in [-0.39, 0.29) is 0 Å². The SMILES string of the molecule is CB(C)CCCc1ccc2c(c1)OCO2. The minimum absolute atomic E-state index is 0.366. The summed E-state index contributed by atoms with van der Waals surface area (Å²) in [6.07, 6.45) is 3.67. The molecule has 0 spiro atoms. The molecule has 80 valence electrons. The topological polar surface area (TPSA) is 18.5 Å². The van der Waals surface area contributed by atoms with E-state index in [1.807, 2.05) is 6.07 Å². The number of ether oxygens (including phenoxy) is 2. The Balaban J connectivity index is 1.92. The second-order valence-electron chi connectivity index (χ2n) is 4.47. The molecule has 1 aliphatic rings. The van der Waals surface area contributed by atoms with Gasteiger partial charge in [0, 0.05) is 0 Å². The largest absolute Gasteiger partial charge is 0.454 e. The van der Waals surface area contributed by atoms with Gasteiger partial charge in [0.25, 0.3) is 0 Å². The van der Waals surface area contributed by atoms with Gasteiger partial charge >= 0.3 is 0 Å². The smallest absolute Gasteiger partial charge is 0.231 e. The molecule has 3 heteroatoms. The molecule has 0 atom stereocenters. The van der Waals surface area contributed by atoms with Crippen LogP contribution in [0.3, 0.4) is 0 Å². The number of hydrogen-bond acceptors (Lipinski definition) is 2. The van der Waals surface area contributed by atoms with E-state index in [0.29, 0.717) is 6.79 Å². The molecule has 0 fully saturated rings. The minimum atomic E-state index is 0.366. The van der Waals surface area contributed by atoms with Crippen molar-refractivity contribution >= 4 is 6.71 Å². The maximum absolute atomic E-state index is 5.34. The molecule has 1 aliphatic heterocycles. The summed E-state index contributed by atoms with van der Waals surface area (Å²) in [6, 6.07) is 6.24. The average Bonchev–Trinajstić information content (AvgIpc) is 2.64. The van der Waals surface area contributed by atoms with Crippen molar-refractivity contribution in [3.05, 3.63) is 23.8 Å².